The van der Waals surface area contributed by atoms with E-state index in [-0.39, 0.29) is 24.9 Å². The second-order valence-electron chi connectivity index (χ2n) is 5.03. The predicted octanol–water partition coefficient (Wildman–Crippen LogP) is 2.00. The first-order chi connectivity index (χ1) is 9.76. The molecule has 0 aliphatic carbocycles. The Bertz CT molecular complexity index is 499. The normalized spacial score (nSPS) is 10.9. The van der Waals surface area contributed by atoms with E-state index in [1.165, 1.54) is 36.2 Å². The number of amides is 1. The molecule has 0 aliphatic heterocycles. The Labute approximate surface area is 123 Å². The van der Waals surface area contributed by atoms with E-state index in [9.17, 15) is 14.0 Å². The van der Waals surface area contributed by atoms with Gasteiger partial charge in [-0.3, -0.25) is 9.59 Å². The summed E-state index contributed by atoms with van der Waals surface area (Å²) in [6, 6.07) is 5.38. The highest BCUT2D eigenvalue weighted by molar-refractivity contribution is 5.87. The molecule has 1 amide bonds. The summed E-state index contributed by atoms with van der Waals surface area (Å²) in [6.45, 7) is 4.97. The van der Waals surface area contributed by atoms with Crippen LogP contribution < -0.4 is 4.74 Å². The van der Waals surface area contributed by atoms with Gasteiger partial charge in [0, 0.05) is 7.05 Å². The van der Waals surface area contributed by atoms with Gasteiger partial charge in [0.05, 0.1) is 6.61 Å². The van der Waals surface area contributed by atoms with Crippen molar-refractivity contribution in [2.75, 3.05) is 20.2 Å². The van der Waals surface area contributed by atoms with Crippen LogP contribution in [0.25, 0.3) is 0 Å². The Morgan fingerprint density at radius 3 is 2.33 bits per heavy atom. The smallest absolute Gasteiger partial charge is 0.325 e. The molecule has 0 bridgehead atoms. The third kappa shape index (κ3) is 5.06. The van der Waals surface area contributed by atoms with E-state index in [2.05, 4.69) is 0 Å². The monoisotopic (exact) mass is 297 g/mol. The number of ether oxygens (including phenoxy) is 2. The van der Waals surface area contributed by atoms with E-state index in [1.54, 1.807) is 20.8 Å². The molecular formula is C15H20FNO4. The Kier molecular flexibility index (Phi) is 5.69. The molecule has 0 saturated carbocycles. The number of carbonyl (C=O) groups excluding carboxylic acids is 2. The second-order valence-corrected chi connectivity index (χ2v) is 5.03. The molecule has 0 unspecified atom stereocenters. The molecule has 0 aliphatic rings. The Morgan fingerprint density at radius 1 is 1.24 bits per heavy atom. The maximum Gasteiger partial charge on any atom is 0.325 e. The molecule has 0 heterocycles. The molecule has 0 N–H and O–H groups in total. The molecule has 0 fully saturated rings. The van der Waals surface area contributed by atoms with Crippen molar-refractivity contribution in [1.29, 1.82) is 0 Å². The summed E-state index contributed by atoms with van der Waals surface area (Å²) in [4.78, 5) is 24.9. The van der Waals surface area contributed by atoms with Crippen LogP contribution in [0.15, 0.2) is 24.3 Å². The van der Waals surface area contributed by atoms with Gasteiger partial charge >= 0.3 is 5.97 Å². The van der Waals surface area contributed by atoms with E-state index >= 15 is 0 Å². The van der Waals surface area contributed by atoms with Gasteiger partial charge in [-0.25, -0.2) is 4.39 Å². The van der Waals surface area contributed by atoms with Gasteiger partial charge < -0.3 is 14.4 Å². The Balaban J connectivity index is 2.69. The van der Waals surface area contributed by atoms with Crippen molar-refractivity contribution in [3.05, 3.63) is 30.1 Å². The average Bonchev–Trinajstić information content (AvgIpc) is 2.40. The SMILES string of the molecule is CCOC(=O)CN(C)C(=O)C(C)(C)Oc1ccc(F)cc1. The largest absolute Gasteiger partial charge is 0.478 e. The van der Waals surface area contributed by atoms with Crippen LogP contribution in [0.4, 0.5) is 4.39 Å². The van der Waals surface area contributed by atoms with Gasteiger partial charge in [0.2, 0.25) is 0 Å². The van der Waals surface area contributed by atoms with Crippen LogP contribution >= 0.6 is 0 Å². The van der Waals surface area contributed by atoms with Crippen molar-refractivity contribution >= 4 is 11.9 Å². The van der Waals surface area contributed by atoms with Crippen molar-refractivity contribution in [2.24, 2.45) is 0 Å². The van der Waals surface area contributed by atoms with E-state index in [0.29, 0.717) is 5.75 Å². The summed E-state index contributed by atoms with van der Waals surface area (Å²) in [5, 5.41) is 0. The van der Waals surface area contributed by atoms with Gasteiger partial charge in [-0.1, -0.05) is 0 Å². The lowest BCUT2D eigenvalue weighted by atomic mass is 10.1. The molecule has 0 atom stereocenters. The zero-order valence-corrected chi connectivity index (χ0v) is 12.7. The van der Waals surface area contributed by atoms with Crippen LogP contribution in [0.5, 0.6) is 5.75 Å². The van der Waals surface area contributed by atoms with Crippen LogP contribution in [0.2, 0.25) is 0 Å². The molecule has 6 heteroatoms. The molecule has 0 radical (unpaired) electrons. The molecule has 0 aromatic heterocycles. The molecule has 116 valence electrons. The topological polar surface area (TPSA) is 55.8 Å². The lowest BCUT2D eigenvalue weighted by molar-refractivity contribution is -0.153. The maximum absolute atomic E-state index is 12.8. The molecular weight excluding hydrogens is 277 g/mol. The molecule has 5 nitrogen and oxygen atoms in total. The number of esters is 1. The molecule has 1 aromatic carbocycles. The average molecular weight is 297 g/mol. The Morgan fingerprint density at radius 2 is 1.81 bits per heavy atom. The van der Waals surface area contributed by atoms with Gasteiger partial charge in [-0.05, 0) is 45.0 Å². The Hall–Kier alpha value is -2.11. The first-order valence-corrected chi connectivity index (χ1v) is 6.62. The molecule has 1 rings (SSSR count). The van der Waals surface area contributed by atoms with Gasteiger partial charge in [-0.2, -0.15) is 0 Å². The summed E-state index contributed by atoms with van der Waals surface area (Å²) < 4.78 is 23.2. The minimum absolute atomic E-state index is 0.150. The van der Waals surface area contributed by atoms with E-state index in [1.807, 2.05) is 0 Å². The number of likely N-dealkylation sites (N-methyl/N-ethyl adjacent to an activating group) is 1. The summed E-state index contributed by atoms with van der Waals surface area (Å²) in [7, 11) is 1.50. The minimum Gasteiger partial charge on any atom is -0.478 e. The van der Waals surface area contributed by atoms with Crippen LogP contribution in [0.1, 0.15) is 20.8 Å². The molecule has 1 aromatic rings. The van der Waals surface area contributed by atoms with Crippen molar-refractivity contribution in [1.82, 2.24) is 4.90 Å². The van der Waals surface area contributed by atoms with Crippen molar-refractivity contribution < 1.29 is 23.5 Å². The zero-order valence-electron chi connectivity index (χ0n) is 12.7. The fraction of sp³-hybridized carbons (Fsp3) is 0.467. The molecule has 0 saturated heterocycles. The number of halogens is 1. The third-order valence-corrected chi connectivity index (χ3v) is 2.72. The van der Waals surface area contributed by atoms with Crippen LogP contribution in [-0.2, 0) is 14.3 Å². The van der Waals surface area contributed by atoms with Gasteiger partial charge in [0.25, 0.3) is 5.91 Å². The van der Waals surface area contributed by atoms with Crippen LogP contribution in [-0.4, -0.2) is 42.6 Å². The van der Waals surface area contributed by atoms with Gasteiger partial charge in [0.15, 0.2) is 5.60 Å². The highest BCUT2D eigenvalue weighted by Crippen LogP contribution is 2.20. The fourth-order valence-corrected chi connectivity index (χ4v) is 1.77. The highest BCUT2D eigenvalue weighted by Gasteiger charge is 2.33. The van der Waals surface area contributed by atoms with Crippen LogP contribution in [0, 0.1) is 5.82 Å². The molecule has 21 heavy (non-hydrogen) atoms. The lowest BCUT2D eigenvalue weighted by Gasteiger charge is -2.29. The number of rotatable bonds is 6. The first kappa shape index (κ1) is 16.9. The molecule has 0 spiro atoms. The standard InChI is InChI=1S/C15H20FNO4/c1-5-20-13(18)10-17(4)14(19)15(2,3)21-12-8-6-11(16)7-9-12/h6-9H,5,10H2,1-4H3. The number of hydrogen-bond donors (Lipinski definition) is 0. The number of nitrogens with zero attached hydrogens (tertiary/aromatic N) is 1. The van der Waals surface area contributed by atoms with Crippen LogP contribution in [0.3, 0.4) is 0 Å². The van der Waals surface area contributed by atoms with Gasteiger partial charge in [-0.15, -0.1) is 0 Å². The number of benzene rings is 1. The quantitative estimate of drug-likeness (QED) is 0.754. The summed E-state index contributed by atoms with van der Waals surface area (Å²) in [5.41, 5.74) is -1.18. The third-order valence-electron chi connectivity index (χ3n) is 2.72. The second kappa shape index (κ2) is 7.06. The summed E-state index contributed by atoms with van der Waals surface area (Å²) in [6.07, 6.45) is 0. The van der Waals surface area contributed by atoms with Crippen molar-refractivity contribution in [3.63, 3.8) is 0 Å². The zero-order chi connectivity index (χ0) is 16.0. The first-order valence-electron chi connectivity index (χ1n) is 6.62. The van der Waals surface area contributed by atoms with E-state index < -0.39 is 11.6 Å². The summed E-state index contributed by atoms with van der Waals surface area (Å²) in [5.74, 6) is -0.865. The number of hydrogen-bond acceptors (Lipinski definition) is 4. The van der Waals surface area contributed by atoms with E-state index in [4.69, 9.17) is 9.47 Å². The maximum atomic E-state index is 12.8. The predicted molar refractivity (Wildman–Crippen MR) is 75.4 cm³/mol. The fourth-order valence-electron chi connectivity index (χ4n) is 1.77. The van der Waals surface area contributed by atoms with E-state index in [0.717, 1.165) is 0 Å². The van der Waals surface area contributed by atoms with Crippen molar-refractivity contribution in [3.8, 4) is 5.75 Å². The van der Waals surface area contributed by atoms with Crippen molar-refractivity contribution in [2.45, 2.75) is 26.4 Å². The van der Waals surface area contributed by atoms with Gasteiger partial charge in [0.1, 0.15) is 18.1 Å². The number of carbonyl (C=O) groups is 2. The minimum atomic E-state index is -1.18. The lowest BCUT2D eigenvalue weighted by Crippen LogP contribution is -2.48. The summed E-state index contributed by atoms with van der Waals surface area (Å²) >= 11 is 0. The highest BCUT2D eigenvalue weighted by atomic mass is 19.1.